The van der Waals surface area contributed by atoms with Gasteiger partial charge in [0.05, 0.1) is 30.0 Å². The van der Waals surface area contributed by atoms with E-state index in [0.717, 1.165) is 26.5 Å². The van der Waals surface area contributed by atoms with Gasteiger partial charge in [0.25, 0.3) is 5.91 Å². The molecule has 0 aliphatic rings. The molecule has 0 saturated carbocycles. The molecular weight excluding hydrogens is 666 g/mol. The van der Waals surface area contributed by atoms with Crippen LogP contribution in [0.3, 0.4) is 0 Å². The van der Waals surface area contributed by atoms with Crippen molar-refractivity contribution in [2.24, 2.45) is 5.10 Å². The van der Waals surface area contributed by atoms with E-state index in [9.17, 15) is 9.59 Å². The number of aromatic amines is 1. The van der Waals surface area contributed by atoms with E-state index in [1.165, 1.54) is 6.21 Å². The van der Waals surface area contributed by atoms with Crippen LogP contribution >= 0.6 is 31.9 Å². The highest BCUT2D eigenvalue weighted by atomic mass is 79.9. The summed E-state index contributed by atoms with van der Waals surface area (Å²) in [6, 6.07) is 25.4. The molecule has 0 spiro atoms. The standard InChI is InChI=1S/C32H25Br2N3O5/c1-3-41-24-13-14-27-25(17-24)28(19-7-5-4-6-8-19)29(36-27)31(38)37-35-18-21-15-22(33)16-26(34)30(21)42-32(39)20-9-11-23(40-2)12-10-20/h4-18,36H,3H2,1-2H3,(H,37,38). The highest BCUT2D eigenvalue weighted by molar-refractivity contribution is 9.11. The molecule has 1 heterocycles. The molecule has 42 heavy (non-hydrogen) atoms. The summed E-state index contributed by atoms with van der Waals surface area (Å²) in [6.45, 7) is 2.45. The van der Waals surface area contributed by atoms with Crippen LogP contribution in [0, 0.1) is 0 Å². The van der Waals surface area contributed by atoms with Gasteiger partial charge in [-0.15, -0.1) is 0 Å². The Balaban J connectivity index is 1.43. The summed E-state index contributed by atoms with van der Waals surface area (Å²) in [5, 5.41) is 5.05. The number of amides is 1. The molecule has 5 aromatic rings. The summed E-state index contributed by atoms with van der Waals surface area (Å²) >= 11 is 6.91. The minimum Gasteiger partial charge on any atom is -0.497 e. The molecule has 1 aromatic heterocycles. The molecule has 0 saturated heterocycles. The Morgan fingerprint density at radius 3 is 2.40 bits per heavy atom. The minimum atomic E-state index is -0.559. The van der Waals surface area contributed by atoms with Gasteiger partial charge < -0.3 is 19.2 Å². The Kier molecular flexibility index (Phi) is 9.04. The monoisotopic (exact) mass is 689 g/mol. The van der Waals surface area contributed by atoms with Gasteiger partial charge in [-0.3, -0.25) is 4.79 Å². The molecule has 4 aromatic carbocycles. The van der Waals surface area contributed by atoms with E-state index in [-0.39, 0.29) is 5.75 Å². The zero-order valence-electron chi connectivity index (χ0n) is 22.6. The molecule has 0 atom stereocenters. The number of aromatic nitrogens is 1. The van der Waals surface area contributed by atoms with Crippen LogP contribution in [0.1, 0.15) is 33.3 Å². The molecular formula is C32H25Br2N3O5. The average Bonchev–Trinajstić information content (AvgIpc) is 3.38. The normalized spacial score (nSPS) is 11.0. The Morgan fingerprint density at radius 2 is 1.69 bits per heavy atom. The summed E-state index contributed by atoms with van der Waals surface area (Å²) in [7, 11) is 1.55. The summed E-state index contributed by atoms with van der Waals surface area (Å²) in [4.78, 5) is 29.5. The van der Waals surface area contributed by atoms with Crippen LogP contribution in [0.4, 0.5) is 0 Å². The van der Waals surface area contributed by atoms with Crippen LogP contribution in [0.5, 0.6) is 17.2 Å². The molecule has 0 aliphatic heterocycles. The molecule has 0 radical (unpaired) electrons. The fraction of sp³-hybridized carbons (Fsp3) is 0.0938. The Morgan fingerprint density at radius 1 is 0.952 bits per heavy atom. The summed E-state index contributed by atoms with van der Waals surface area (Å²) < 4.78 is 17.8. The molecule has 10 heteroatoms. The van der Waals surface area contributed by atoms with Crippen LogP contribution in [0.15, 0.2) is 99.0 Å². The number of carbonyl (C=O) groups is 2. The van der Waals surface area contributed by atoms with Gasteiger partial charge in [-0.05, 0) is 83.0 Å². The number of ether oxygens (including phenoxy) is 3. The molecule has 0 bridgehead atoms. The van der Waals surface area contributed by atoms with Crippen molar-refractivity contribution in [3.8, 4) is 28.4 Å². The second-order valence-corrected chi connectivity index (χ2v) is 10.8. The summed E-state index contributed by atoms with van der Waals surface area (Å²) in [5.41, 5.74) is 6.16. The van der Waals surface area contributed by atoms with Crippen molar-refractivity contribution < 1.29 is 23.8 Å². The Bertz CT molecular complexity index is 1780. The number of hydrogen-bond acceptors (Lipinski definition) is 6. The van der Waals surface area contributed by atoms with Crippen molar-refractivity contribution in [1.82, 2.24) is 10.4 Å². The minimum absolute atomic E-state index is 0.246. The van der Waals surface area contributed by atoms with Gasteiger partial charge in [0.2, 0.25) is 0 Å². The zero-order chi connectivity index (χ0) is 29.6. The van der Waals surface area contributed by atoms with Gasteiger partial charge >= 0.3 is 5.97 Å². The summed E-state index contributed by atoms with van der Waals surface area (Å²) in [6.07, 6.45) is 1.42. The first-order valence-corrected chi connectivity index (χ1v) is 14.5. The van der Waals surface area contributed by atoms with E-state index < -0.39 is 11.9 Å². The molecule has 0 fully saturated rings. The van der Waals surface area contributed by atoms with Crippen LogP contribution in [0.25, 0.3) is 22.0 Å². The number of nitrogens with one attached hydrogen (secondary N) is 2. The number of methoxy groups -OCH3 is 1. The van der Waals surface area contributed by atoms with E-state index in [4.69, 9.17) is 14.2 Å². The Labute approximate surface area is 258 Å². The van der Waals surface area contributed by atoms with Gasteiger partial charge in [0.1, 0.15) is 17.2 Å². The lowest BCUT2D eigenvalue weighted by Crippen LogP contribution is -2.19. The topological polar surface area (TPSA) is 102 Å². The molecule has 5 rings (SSSR count). The number of nitrogens with zero attached hydrogens (tertiary/aromatic N) is 1. The lowest BCUT2D eigenvalue weighted by atomic mass is 10.0. The highest BCUT2D eigenvalue weighted by Crippen LogP contribution is 2.35. The molecule has 0 unspecified atom stereocenters. The van der Waals surface area contributed by atoms with Crippen molar-refractivity contribution in [1.29, 1.82) is 0 Å². The van der Waals surface area contributed by atoms with E-state index in [1.54, 1.807) is 43.5 Å². The van der Waals surface area contributed by atoms with Crippen LogP contribution < -0.4 is 19.6 Å². The average molecular weight is 691 g/mol. The number of halogens is 2. The predicted molar refractivity (Wildman–Crippen MR) is 170 cm³/mol. The number of carbonyl (C=O) groups excluding carboxylic acids is 2. The largest absolute Gasteiger partial charge is 0.497 e. The third-order valence-corrected chi connectivity index (χ3v) is 7.34. The van der Waals surface area contributed by atoms with Crippen molar-refractivity contribution in [3.63, 3.8) is 0 Å². The number of esters is 1. The van der Waals surface area contributed by atoms with E-state index in [0.29, 0.717) is 39.4 Å². The number of fused-ring (bicyclic) bond motifs is 1. The van der Waals surface area contributed by atoms with Crippen molar-refractivity contribution in [2.45, 2.75) is 6.92 Å². The SMILES string of the molecule is CCOc1ccc2[nH]c(C(=O)NN=Cc3cc(Br)cc(Br)c3OC(=O)c3ccc(OC)cc3)c(-c3ccccc3)c2c1. The van der Waals surface area contributed by atoms with Crippen molar-refractivity contribution in [2.75, 3.05) is 13.7 Å². The lowest BCUT2D eigenvalue weighted by Gasteiger charge is -2.11. The molecule has 212 valence electrons. The number of benzene rings is 4. The molecule has 8 nitrogen and oxygen atoms in total. The number of hydrogen-bond donors (Lipinski definition) is 2. The van der Waals surface area contributed by atoms with Crippen molar-refractivity contribution >= 4 is 60.9 Å². The molecule has 0 aliphatic carbocycles. The first-order valence-electron chi connectivity index (χ1n) is 12.9. The smallest absolute Gasteiger partial charge is 0.343 e. The fourth-order valence-corrected chi connectivity index (χ4v) is 5.72. The maximum absolute atomic E-state index is 13.4. The third-order valence-electron chi connectivity index (χ3n) is 6.30. The first kappa shape index (κ1) is 29.1. The summed E-state index contributed by atoms with van der Waals surface area (Å²) in [5.74, 6) is 0.584. The maximum Gasteiger partial charge on any atom is 0.343 e. The molecule has 1 amide bonds. The van der Waals surface area contributed by atoms with E-state index in [2.05, 4.69) is 47.4 Å². The van der Waals surface area contributed by atoms with Gasteiger partial charge in [0, 0.05) is 26.5 Å². The van der Waals surface area contributed by atoms with Crippen LogP contribution in [0.2, 0.25) is 0 Å². The van der Waals surface area contributed by atoms with Gasteiger partial charge in [-0.25, -0.2) is 10.2 Å². The van der Waals surface area contributed by atoms with Crippen LogP contribution in [-0.4, -0.2) is 36.8 Å². The Hall–Kier alpha value is -4.41. The number of hydrazone groups is 1. The third kappa shape index (κ3) is 6.40. The van der Waals surface area contributed by atoms with E-state index in [1.807, 2.05) is 55.5 Å². The zero-order valence-corrected chi connectivity index (χ0v) is 25.8. The first-order chi connectivity index (χ1) is 20.4. The van der Waals surface area contributed by atoms with Gasteiger partial charge in [0.15, 0.2) is 5.75 Å². The number of rotatable bonds is 9. The second-order valence-electron chi connectivity index (χ2n) is 9.00. The second kappa shape index (κ2) is 13.1. The van der Waals surface area contributed by atoms with Crippen molar-refractivity contribution in [3.05, 3.63) is 111 Å². The molecule has 2 N–H and O–H groups in total. The van der Waals surface area contributed by atoms with E-state index >= 15 is 0 Å². The maximum atomic E-state index is 13.4. The predicted octanol–water partition coefficient (Wildman–Crippen LogP) is 7.75. The van der Waals surface area contributed by atoms with Gasteiger partial charge in [-0.2, -0.15) is 5.10 Å². The lowest BCUT2D eigenvalue weighted by molar-refractivity contribution is 0.0732. The van der Waals surface area contributed by atoms with Gasteiger partial charge in [-0.1, -0.05) is 46.3 Å². The number of H-pyrrole nitrogens is 1. The highest BCUT2D eigenvalue weighted by Gasteiger charge is 2.20. The quantitative estimate of drug-likeness (QED) is 0.0713. The van der Waals surface area contributed by atoms with Crippen LogP contribution in [-0.2, 0) is 0 Å². The fourth-order valence-electron chi connectivity index (χ4n) is 4.38.